The molecule has 1 aromatic rings. The van der Waals surface area contributed by atoms with Gasteiger partial charge in [0, 0.05) is 5.92 Å². The molecule has 1 rings (SSSR count). The third-order valence-corrected chi connectivity index (χ3v) is 2.74. The summed E-state index contributed by atoms with van der Waals surface area (Å²) in [5.41, 5.74) is 0.479. The summed E-state index contributed by atoms with van der Waals surface area (Å²) < 4.78 is 13.5. The van der Waals surface area contributed by atoms with E-state index in [0.717, 1.165) is 0 Å². The maximum Gasteiger partial charge on any atom is 0.240 e. The van der Waals surface area contributed by atoms with Crippen molar-refractivity contribution in [1.82, 2.24) is 10.6 Å². The van der Waals surface area contributed by atoms with Crippen LogP contribution in [0, 0.1) is 24.1 Å². The summed E-state index contributed by atoms with van der Waals surface area (Å²) in [6, 6.07) is 6.31. The van der Waals surface area contributed by atoms with Crippen LogP contribution in [0.4, 0.5) is 4.39 Å². The Bertz CT molecular complexity index is 523. The Morgan fingerprint density at radius 2 is 2.05 bits per heavy atom. The van der Waals surface area contributed by atoms with Crippen molar-refractivity contribution in [2.75, 3.05) is 13.1 Å². The molecule has 0 saturated carbocycles. The monoisotopic (exact) mass is 276 g/mol. The van der Waals surface area contributed by atoms with Gasteiger partial charge in [0.15, 0.2) is 0 Å². The van der Waals surface area contributed by atoms with Gasteiger partial charge in [0.05, 0.1) is 13.1 Å². The summed E-state index contributed by atoms with van der Waals surface area (Å²) >= 11 is 0. The first-order valence-electron chi connectivity index (χ1n) is 6.26. The normalized spacial score (nSPS) is 11.2. The predicted octanol–water partition coefficient (Wildman–Crippen LogP) is 0.870. The van der Waals surface area contributed by atoms with E-state index in [-0.39, 0.29) is 37.1 Å². The number of carbonyl (C=O) groups is 2. The molecule has 0 heterocycles. The van der Waals surface area contributed by atoms with Gasteiger partial charge in [0.1, 0.15) is 5.82 Å². The first kappa shape index (κ1) is 15.7. The molecule has 0 aliphatic heterocycles. The highest BCUT2D eigenvalue weighted by atomic mass is 19.1. The molecule has 0 unspecified atom stereocenters. The van der Waals surface area contributed by atoms with Gasteiger partial charge in [-0.05, 0) is 18.1 Å². The number of benzene rings is 1. The molecule has 2 N–H and O–H groups in total. The number of terminal acetylenes is 1. The number of hydrogen-bond donors (Lipinski definition) is 2. The molecule has 0 aliphatic carbocycles. The van der Waals surface area contributed by atoms with Crippen molar-refractivity contribution in [2.45, 2.75) is 13.3 Å². The molecule has 0 saturated heterocycles. The first-order chi connectivity index (χ1) is 9.54. The van der Waals surface area contributed by atoms with Gasteiger partial charge < -0.3 is 10.6 Å². The van der Waals surface area contributed by atoms with E-state index >= 15 is 0 Å². The Hall–Kier alpha value is -2.35. The van der Waals surface area contributed by atoms with E-state index in [1.54, 1.807) is 25.1 Å². The number of nitrogens with one attached hydrogen (secondary N) is 2. The topological polar surface area (TPSA) is 58.2 Å². The van der Waals surface area contributed by atoms with Crippen LogP contribution >= 0.6 is 0 Å². The minimum atomic E-state index is -0.424. The van der Waals surface area contributed by atoms with Gasteiger partial charge in [-0.3, -0.25) is 9.59 Å². The molecule has 0 aliphatic rings. The largest absolute Gasteiger partial charge is 0.347 e. The molecule has 0 radical (unpaired) electrons. The lowest BCUT2D eigenvalue weighted by Gasteiger charge is -2.12. The zero-order valence-corrected chi connectivity index (χ0v) is 11.3. The van der Waals surface area contributed by atoms with E-state index in [1.807, 2.05) is 0 Å². The van der Waals surface area contributed by atoms with Crippen molar-refractivity contribution in [3.05, 3.63) is 35.6 Å². The Morgan fingerprint density at radius 1 is 1.35 bits per heavy atom. The van der Waals surface area contributed by atoms with E-state index in [4.69, 9.17) is 6.42 Å². The fraction of sp³-hybridized carbons (Fsp3) is 0.333. The van der Waals surface area contributed by atoms with Crippen molar-refractivity contribution in [2.24, 2.45) is 5.92 Å². The van der Waals surface area contributed by atoms with Crippen molar-refractivity contribution >= 4 is 11.8 Å². The van der Waals surface area contributed by atoms with Crippen LogP contribution in [0.1, 0.15) is 12.5 Å². The van der Waals surface area contributed by atoms with Crippen LogP contribution in [-0.2, 0) is 16.0 Å². The van der Waals surface area contributed by atoms with Crippen molar-refractivity contribution in [3.63, 3.8) is 0 Å². The minimum absolute atomic E-state index is 0.124. The highest BCUT2D eigenvalue weighted by Gasteiger charge is 2.15. The molecular weight excluding hydrogens is 259 g/mol. The molecule has 1 aromatic carbocycles. The quantitative estimate of drug-likeness (QED) is 0.757. The summed E-state index contributed by atoms with van der Waals surface area (Å²) in [6.07, 6.45) is 5.28. The second-order valence-corrected chi connectivity index (χ2v) is 4.40. The fourth-order valence-electron chi connectivity index (χ4n) is 1.64. The van der Waals surface area contributed by atoms with Crippen LogP contribution in [0.3, 0.4) is 0 Å². The van der Waals surface area contributed by atoms with E-state index in [9.17, 15) is 14.0 Å². The number of amides is 2. The maximum atomic E-state index is 13.5. The van der Waals surface area contributed by atoms with Gasteiger partial charge in [-0.25, -0.2) is 4.39 Å². The van der Waals surface area contributed by atoms with Gasteiger partial charge in [-0.1, -0.05) is 31.0 Å². The Kier molecular flexibility index (Phi) is 6.24. The van der Waals surface area contributed by atoms with Gasteiger partial charge in [0.2, 0.25) is 11.8 Å². The SMILES string of the molecule is C#CCNC(=O)CNC(=O)[C@@H](C)Cc1ccccc1F. The van der Waals surface area contributed by atoms with Gasteiger partial charge in [0.25, 0.3) is 0 Å². The average Bonchev–Trinajstić information content (AvgIpc) is 2.44. The summed E-state index contributed by atoms with van der Waals surface area (Å²) in [7, 11) is 0. The van der Waals surface area contributed by atoms with Crippen molar-refractivity contribution < 1.29 is 14.0 Å². The Balaban J connectivity index is 2.42. The third kappa shape index (κ3) is 5.11. The summed E-state index contributed by atoms with van der Waals surface area (Å²) in [6.45, 7) is 1.67. The highest BCUT2D eigenvalue weighted by molar-refractivity contribution is 5.85. The average molecular weight is 276 g/mol. The standard InChI is InChI=1S/C15H17FN2O2/c1-3-8-17-14(19)10-18-15(20)11(2)9-12-6-4-5-7-13(12)16/h1,4-7,11H,8-10H2,2H3,(H,17,19)(H,18,20)/t11-/m0/s1. The van der Waals surface area contributed by atoms with Crippen LogP contribution in [0.25, 0.3) is 0 Å². The number of rotatable bonds is 6. The predicted molar refractivity (Wildman–Crippen MR) is 74.1 cm³/mol. The molecule has 1 atom stereocenters. The lowest BCUT2D eigenvalue weighted by Crippen LogP contribution is -2.39. The summed E-state index contributed by atoms with van der Waals surface area (Å²) in [4.78, 5) is 23.0. The lowest BCUT2D eigenvalue weighted by molar-refractivity contribution is -0.128. The van der Waals surface area contributed by atoms with Gasteiger partial charge in [-0.2, -0.15) is 0 Å². The molecule has 0 aromatic heterocycles. The second kappa shape index (κ2) is 7.95. The van der Waals surface area contributed by atoms with Gasteiger partial charge >= 0.3 is 0 Å². The maximum absolute atomic E-state index is 13.5. The van der Waals surface area contributed by atoms with Crippen LogP contribution in [0.15, 0.2) is 24.3 Å². The number of carbonyl (C=O) groups excluding carboxylic acids is 2. The number of halogens is 1. The van der Waals surface area contributed by atoms with E-state index in [0.29, 0.717) is 5.56 Å². The van der Waals surface area contributed by atoms with Crippen LogP contribution in [0.2, 0.25) is 0 Å². The molecule has 0 spiro atoms. The minimum Gasteiger partial charge on any atom is -0.347 e. The molecule has 2 amide bonds. The fourth-order valence-corrected chi connectivity index (χ4v) is 1.64. The van der Waals surface area contributed by atoms with Gasteiger partial charge in [-0.15, -0.1) is 6.42 Å². The van der Waals surface area contributed by atoms with Crippen molar-refractivity contribution in [1.29, 1.82) is 0 Å². The Labute approximate surface area is 117 Å². The van der Waals surface area contributed by atoms with E-state index in [2.05, 4.69) is 16.6 Å². The second-order valence-electron chi connectivity index (χ2n) is 4.40. The molecule has 0 bridgehead atoms. The molecular formula is C15H17FN2O2. The molecule has 106 valence electrons. The van der Waals surface area contributed by atoms with Crippen LogP contribution in [0.5, 0.6) is 0 Å². The lowest BCUT2D eigenvalue weighted by atomic mass is 10.00. The third-order valence-electron chi connectivity index (χ3n) is 2.74. The molecule has 5 heteroatoms. The molecule has 20 heavy (non-hydrogen) atoms. The summed E-state index contributed by atoms with van der Waals surface area (Å²) in [5, 5.41) is 4.92. The smallest absolute Gasteiger partial charge is 0.240 e. The molecule has 0 fully saturated rings. The zero-order valence-electron chi connectivity index (χ0n) is 11.3. The number of hydrogen-bond acceptors (Lipinski definition) is 2. The van der Waals surface area contributed by atoms with E-state index < -0.39 is 5.92 Å². The first-order valence-corrected chi connectivity index (χ1v) is 6.26. The van der Waals surface area contributed by atoms with Crippen LogP contribution < -0.4 is 10.6 Å². The highest BCUT2D eigenvalue weighted by Crippen LogP contribution is 2.12. The van der Waals surface area contributed by atoms with E-state index in [1.165, 1.54) is 6.07 Å². The Morgan fingerprint density at radius 3 is 2.70 bits per heavy atom. The zero-order chi connectivity index (χ0) is 15.0. The van der Waals surface area contributed by atoms with Crippen molar-refractivity contribution in [3.8, 4) is 12.3 Å². The summed E-state index contributed by atoms with van der Waals surface area (Å²) in [5.74, 6) is 0.849. The molecule has 4 nitrogen and oxygen atoms in total. The van der Waals surface area contributed by atoms with Crippen LogP contribution in [-0.4, -0.2) is 24.9 Å².